The van der Waals surface area contributed by atoms with Crippen molar-refractivity contribution < 1.29 is 4.74 Å². The van der Waals surface area contributed by atoms with Gasteiger partial charge in [0.2, 0.25) is 0 Å². The number of nitrogens with two attached hydrogens (primary N) is 1. The molecule has 3 atom stereocenters. The maximum atomic E-state index is 5.75. The molecular formula is C7H14ClNO. The van der Waals surface area contributed by atoms with Gasteiger partial charge in [0.15, 0.2) is 0 Å². The summed E-state index contributed by atoms with van der Waals surface area (Å²) in [5, 5.41) is 0. The summed E-state index contributed by atoms with van der Waals surface area (Å²) in [7, 11) is 0. The second-order valence-corrected chi connectivity index (χ2v) is 3.11. The molecule has 1 saturated carbocycles. The predicted molar refractivity (Wildman–Crippen MR) is 42.3 cm³/mol. The summed E-state index contributed by atoms with van der Waals surface area (Å²) in [6.45, 7) is 0.966. The van der Waals surface area contributed by atoms with Crippen molar-refractivity contribution >= 4 is 12.4 Å². The van der Waals surface area contributed by atoms with Crippen molar-refractivity contribution in [1.29, 1.82) is 0 Å². The highest BCUT2D eigenvalue weighted by molar-refractivity contribution is 5.85. The van der Waals surface area contributed by atoms with E-state index in [0.29, 0.717) is 18.1 Å². The molecule has 1 aliphatic heterocycles. The Bertz CT molecular complexity index is 118. The SMILES string of the molecule is Cl.N[C@@H]1C[C@@H]2OCCC[C@H]12. The molecule has 1 aliphatic carbocycles. The molecule has 60 valence electrons. The topological polar surface area (TPSA) is 35.2 Å². The molecule has 3 heteroatoms. The Kier molecular flexibility index (Phi) is 2.55. The van der Waals surface area contributed by atoms with Gasteiger partial charge < -0.3 is 10.5 Å². The standard InChI is InChI=1S/C7H13NO.ClH/c8-6-4-7-5(6)2-1-3-9-7;/h5-7H,1-4,8H2;1H/t5-,6-,7+;/m1./s1. The highest BCUT2D eigenvalue weighted by atomic mass is 35.5. The summed E-state index contributed by atoms with van der Waals surface area (Å²) in [6, 6.07) is 0.454. The smallest absolute Gasteiger partial charge is 0.0632 e. The Balaban J connectivity index is 0.000000500. The van der Waals surface area contributed by atoms with E-state index in [1.807, 2.05) is 0 Å². The first-order valence-corrected chi connectivity index (χ1v) is 3.75. The molecule has 1 saturated heterocycles. The predicted octanol–water partition coefficient (Wildman–Crippen LogP) is 0.934. The molecule has 0 aromatic heterocycles. The third-order valence-corrected chi connectivity index (χ3v) is 2.55. The molecule has 2 fully saturated rings. The highest BCUT2D eigenvalue weighted by Gasteiger charge is 2.40. The van der Waals surface area contributed by atoms with Gasteiger partial charge in [-0.2, -0.15) is 0 Å². The maximum Gasteiger partial charge on any atom is 0.0632 e. The van der Waals surface area contributed by atoms with Crippen LogP contribution in [0.25, 0.3) is 0 Å². The van der Waals surface area contributed by atoms with Gasteiger partial charge in [-0.25, -0.2) is 0 Å². The van der Waals surface area contributed by atoms with Crippen molar-refractivity contribution in [3.8, 4) is 0 Å². The van der Waals surface area contributed by atoms with Crippen LogP contribution < -0.4 is 5.73 Å². The van der Waals surface area contributed by atoms with Crippen LogP contribution in [-0.2, 0) is 4.74 Å². The average Bonchev–Trinajstić information content (AvgIpc) is 1.86. The third kappa shape index (κ3) is 1.16. The van der Waals surface area contributed by atoms with Crippen LogP contribution in [0.3, 0.4) is 0 Å². The third-order valence-electron chi connectivity index (χ3n) is 2.55. The molecule has 10 heavy (non-hydrogen) atoms. The molecular weight excluding hydrogens is 150 g/mol. The lowest BCUT2D eigenvalue weighted by atomic mass is 9.73. The quantitative estimate of drug-likeness (QED) is 0.577. The zero-order valence-electron chi connectivity index (χ0n) is 5.95. The fourth-order valence-corrected chi connectivity index (χ4v) is 1.84. The van der Waals surface area contributed by atoms with Crippen molar-refractivity contribution in [3.05, 3.63) is 0 Å². The molecule has 0 spiro atoms. The van der Waals surface area contributed by atoms with Gasteiger partial charge in [0, 0.05) is 18.6 Å². The lowest BCUT2D eigenvalue weighted by Crippen LogP contribution is -2.54. The van der Waals surface area contributed by atoms with E-state index in [0.717, 1.165) is 13.0 Å². The second-order valence-electron chi connectivity index (χ2n) is 3.11. The van der Waals surface area contributed by atoms with Gasteiger partial charge in [0.05, 0.1) is 6.10 Å². The Morgan fingerprint density at radius 3 is 2.70 bits per heavy atom. The van der Waals surface area contributed by atoms with Crippen LogP contribution in [-0.4, -0.2) is 18.8 Å². The van der Waals surface area contributed by atoms with Crippen LogP contribution in [0.1, 0.15) is 19.3 Å². The Morgan fingerprint density at radius 2 is 2.20 bits per heavy atom. The van der Waals surface area contributed by atoms with Crippen molar-refractivity contribution in [2.45, 2.75) is 31.4 Å². The molecule has 0 bridgehead atoms. The summed E-state index contributed by atoms with van der Waals surface area (Å²) in [5.74, 6) is 0.707. The van der Waals surface area contributed by atoms with E-state index in [9.17, 15) is 0 Å². The minimum atomic E-state index is 0. The number of hydrogen-bond donors (Lipinski definition) is 1. The minimum Gasteiger partial charge on any atom is -0.378 e. The monoisotopic (exact) mass is 163 g/mol. The molecule has 0 radical (unpaired) electrons. The number of rotatable bonds is 0. The van der Waals surface area contributed by atoms with Crippen molar-refractivity contribution in [2.75, 3.05) is 6.61 Å². The van der Waals surface area contributed by atoms with Crippen molar-refractivity contribution in [2.24, 2.45) is 11.7 Å². The lowest BCUT2D eigenvalue weighted by molar-refractivity contribution is -0.0943. The summed E-state index contributed by atoms with van der Waals surface area (Å²) >= 11 is 0. The van der Waals surface area contributed by atoms with E-state index in [1.165, 1.54) is 12.8 Å². The maximum absolute atomic E-state index is 5.75. The van der Waals surface area contributed by atoms with Gasteiger partial charge in [-0.05, 0) is 19.3 Å². The molecule has 2 rings (SSSR count). The van der Waals surface area contributed by atoms with Gasteiger partial charge in [-0.1, -0.05) is 0 Å². The van der Waals surface area contributed by atoms with Crippen LogP contribution in [0.5, 0.6) is 0 Å². The molecule has 0 amide bonds. The number of ether oxygens (including phenoxy) is 1. The van der Waals surface area contributed by atoms with Crippen LogP contribution in [0, 0.1) is 5.92 Å². The molecule has 1 heterocycles. The van der Waals surface area contributed by atoms with Crippen LogP contribution in [0.2, 0.25) is 0 Å². The lowest BCUT2D eigenvalue weighted by Gasteiger charge is -2.45. The fourth-order valence-electron chi connectivity index (χ4n) is 1.84. The van der Waals surface area contributed by atoms with Crippen LogP contribution in [0.4, 0.5) is 0 Å². The van der Waals surface area contributed by atoms with E-state index >= 15 is 0 Å². The summed E-state index contributed by atoms with van der Waals surface area (Å²) in [4.78, 5) is 0. The number of fused-ring (bicyclic) bond motifs is 1. The highest BCUT2D eigenvalue weighted by Crippen LogP contribution is 2.36. The minimum absolute atomic E-state index is 0. The second kappa shape index (κ2) is 3.07. The Morgan fingerprint density at radius 1 is 1.40 bits per heavy atom. The van der Waals surface area contributed by atoms with Gasteiger partial charge in [-0.15, -0.1) is 12.4 Å². The molecule has 0 aromatic carbocycles. The van der Waals surface area contributed by atoms with E-state index in [4.69, 9.17) is 10.5 Å². The molecule has 2 aliphatic rings. The molecule has 2 nitrogen and oxygen atoms in total. The zero-order chi connectivity index (χ0) is 6.27. The Labute approximate surface area is 67.5 Å². The summed E-state index contributed by atoms with van der Waals surface area (Å²) in [6.07, 6.45) is 4.15. The van der Waals surface area contributed by atoms with Crippen molar-refractivity contribution in [1.82, 2.24) is 0 Å². The van der Waals surface area contributed by atoms with Gasteiger partial charge >= 0.3 is 0 Å². The van der Waals surface area contributed by atoms with Crippen LogP contribution in [0.15, 0.2) is 0 Å². The fraction of sp³-hybridized carbons (Fsp3) is 1.00. The summed E-state index contributed by atoms with van der Waals surface area (Å²) in [5.41, 5.74) is 5.75. The number of halogens is 1. The first-order valence-electron chi connectivity index (χ1n) is 3.75. The number of hydrogen-bond acceptors (Lipinski definition) is 2. The van der Waals surface area contributed by atoms with E-state index in [-0.39, 0.29) is 12.4 Å². The zero-order valence-corrected chi connectivity index (χ0v) is 6.77. The molecule has 0 unspecified atom stereocenters. The van der Waals surface area contributed by atoms with Gasteiger partial charge in [0.25, 0.3) is 0 Å². The van der Waals surface area contributed by atoms with E-state index in [1.54, 1.807) is 0 Å². The van der Waals surface area contributed by atoms with E-state index in [2.05, 4.69) is 0 Å². The largest absolute Gasteiger partial charge is 0.378 e. The normalized spacial score (nSPS) is 44.7. The Hall–Kier alpha value is 0.210. The van der Waals surface area contributed by atoms with E-state index < -0.39 is 0 Å². The van der Waals surface area contributed by atoms with Crippen molar-refractivity contribution in [3.63, 3.8) is 0 Å². The molecule has 2 N–H and O–H groups in total. The summed E-state index contributed by atoms with van der Waals surface area (Å²) < 4.78 is 5.47. The average molecular weight is 164 g/mol. The van der Waals surface area contributed by atoms with Gasteiger partial charge in [0.1, 0.15) is 0 Å². The first-order chi connectivity index (χ1) is 4.38. The van der Waals surface area contributed by atoms with Crippen LogP contribution >= 0.6 is 12.4 Å². The first kappa shape index (κ1) is 8.31. The molecule has 0 aromatic rings. The van der Waals surface area contributed by atoms with Gasteiger partial charge in [-0.3, -0.25) is 0 Å².